The van der Waals surface area contributed by atoms with E-state index in [1.54, 1.807) is 0 Å². The highest BCUT2D eigenvalue weighted by Gasteiger charge is 2.26. The molecule has 3 heteroatoms. The van der Waals surface area contributed by atoms with Crippen molar-refractivity contribution in [3.8, 4) is 0 Å². The number of nitrogens with zero attached hydrogens (tertiary/aromatic N) is 2. The summed E-state index contributed by atoms with van der Waals surface area (Å²) >= 11 is 0. The van der Waals surface area contributed by atoms with E-state index in [0.717, 1.165) is 26.1 Å². The molecule has 3 nitrogen and oxygen atoms in total. The van der Waals surface area contributed by atoms with Gasteiger partial charge < -0.3 is 9.80 Å². The highest BCUT2D eigenvalue weighted by Crippen LogP contribution is 2.21. The predicted molar refractivity (Wildman–Crippen MR) is 62.7 cm³/mol. The lowest BCUT2D eigenvalue weighted by atomic mass is 10.0. The number of likely N-dealkylation sites (tertiary alicyclic amines) is 1. The third-order valence-corrected chi connectivity index (χ3v) is 3.41. The maximum Gasteiger partial charge on any atom is 0.222 e. The van der Waals surface area contributed by atoms with E-state index in [1.807, 2.05) is 18.9 Å². The van der Waals surface area contributed by atoms with Gasteiger partial charge in [-0.3, -0.25) is 4.79 Å². The second kappa shape index (κ2) is 5.50. The van der Waals surface area contributed by atoms with E-state index in [2.05, 4.69) is 18.7 Å². The molecule has 0 unspecified atom stereocenters. The first kappa shape index (κ1) is 12.5. The van der Waals surface area contributed by atoms with Crippen molar-refractivity contribution in [1.29, 1.82) is 0 Å². The Morgan fingerprint density at radius 1 is 1.53 bits per heavy atom. The molecule has 0 aliphatic carbocycles. The maximum absolute atomic E-state index is 11.7. The van der Waals surface area contributed by atoms with Gasteiger partial charge in [-0.1, -0.05) is 0 Å². The van der Waals surface area contributed by atoms with Crippen LogP contribution in [0.5, 0.6) is 0 Å². The molecule has 0 aromatic carbocycles. The van der Waals surface area contributed by atoms with Crippen molar-refractivity contribution in [3.63, 3.8) is 0 Å². The number of rotatable bonds is 4. The van der Waals surface area contributed by atoms with Crippen LogP contribution < -0.4 is 0 Å². The van der Waals surface area contributed by atoms with Crippen LogP contribution in [0.2, 0.25) is 0 Å². The molecule has 0 N–H and O–H groups in total. The molecule has 1 fully saturated rings. The largest absolute Gasteiger partial charge is 0.346 e. The second-order valence-corrected chi connectivity index (χ2v) is 4.86. The fourth-order valence-corrected chi connectivity index (χ4v) is 2.08. The van der Waals surface area contributed by atoms with E-state index in [1.165, 1.54) is 6.42 Å². The summed E-state index contributed by atoms with van der Waals surface area (Å²) in [4.78, 5) is 16.0. The Morgan fingerprint density at radius 3 is 2.67 bits per heavy atom. The van der Waals surface area contributed by atoms with Crippen LogP contribution in [0.1, 0.15) is 33.6 Å². The van der Waals surface area contributed by atoms with Gasteiger partial charge in [0.25, 0.3) is 0 Å². The fraction of sp³-hybridized carbons (Fsp3) is 0.917. The first-order chi connectivity index (χ1) is 7.04. The fourth-order valence-electron chi connectivity index (χ4n) is 2.08. The van der Waals surface area contributed by atoms with E-state index < -0.39 is 0 Å². The first-order valence-electron chi connectivity index (χ1n) is 6.02. The van der Waals surface area contributed by atoms with E-state index >= 15 is 0 Å². The zero-order valence-electron chi connectivity index (χ0n) is 10.5. The molecule has 0 radical (unpaired) electrons. The van der Waals surface area contributed by atoms with Crippen LogP contribution >= 0.6 is 0 Å². The standard InChI is InChI=1S/C12H24N2O/c1-5-13(4)12(15)8-11-6-7-14(9-11)10(2)3/h10-11H,5-9H2,1-4H3/t11-/m0/s1. The Hall–Kier alpha value is -0.570. The summed E-state index contributed by atoms with van der Waals surface area (Å²) in [5.41, 5.74) is 0. The van der Waals surface area contributed by atoms with Gasteiger partial charge in [0, 0.05) is 32.6 Å². The van der Waals surface area contributed by atoms with Crippen LogP contribution in [-0.4, -0.2) is 48.4 Å². The molecule has 0 aromatic heterocycles. The summed E-state index contributed by atoms with van der Waals surface area (Å²) in [5.74, 6) is 0.877. The third-order valence-electron chi connectivity index (χ3n) is 3.41. The topological polar surface area (TPSA) is 23.6 Å². The van der Waals surface area contributed by atoms with Gasteiger partial charge in [-0.05, 0) is 39.7 Å². The lowest BCUT2D eigenvalue weighted by molar-refractivity contribution is -0.130. The van der Waals surface area contributed by atoms with Crippen molar-refractivity contribution in [2.45, 2.75) is 39.7 Å². The van der Waals surface area contributed by atoms with Crippen molar-refractivity contribution in [3.05, 3.63) is 0 Å². The smallest absolute Gasteiger partial charge is 0.222 e. The first-order valence-corrected chi connectivity index (χ1v) is 6.02. The Balaban J connectivity index is 2.33. The van der Waals surface area contributed by atoms with Crippen molar-refractivity contribution >= 4 is 5.91 Å². The normalized spacial score (nSPS) is 22.3. The molecule has 1 heterocycles. The SMILES string of the molecule is CCN(C)C(=O)C[C@@H]1CCN(C(C)C)C1. The van der Waals surface area contributed by atoms with E-state index in [9.17, 15) is 4.79 Å². The molecule has 88 valence electrons. The van der Waals surface area contributed by atoms with Crippen LogP contribution in [0.25, 0.3) is 0 Å². The predicted octanol–water partition coefficient (Wildman–Crippen LogP) is 1.59. The van der Waals surface area contributed by atoms with Crippen LogP contribution in [0.4, 0.5) is 0 Å². The minimum absolute atomic E-state index is 0.299. The number of carbonyl (C=O) groups is 1. The minimum Gasteiger partial charge on any atom is -0.346 e. The molecule has 0 spiro atoms. The molecular weight excluding hydrogens is 188 g/mol. The van der Waals surface area contributed by atoms with Gasteiger partial charge in [0.2, 0.25) is 5.91 Å². The summed E-state index contributed by atoms with van der Waals surface area (Å²) in [7, 11) is 1.89. The van der Waals surface area contributed by atoms with Gasteiger partial charge in [-0.15, -0.1) is 0 Å². The molecule has 1 saturated heterocycles. The summed E-state index contributed by atoms with van der Waals surface area (Å²) in [6.45, 7) is 9.55. The lowest BCUT2D eigenvalue weighted by Crippen LogP contribution is -2.31. The molecule has 1 amide bonds. The summed E-state index contributed by atoms with van der Waals surface area (Å²) in [6, 6.07) is 0.619. The van der Waals surface area contributed by atoms with Gasteiger partial charge >= 0.3 is 0 Å². The van der Waals surface area contributed by atoms with E-state index in [0.29, 0.717) is 17.9 Å². The molecular formula is C12H24N2O. The molecule has 1 atom stereocenters. The van der Waals surface area contributed by atoms with Gasteiger partial charge in [-0.2, -0.15) is 0 Å². The van der Waals surface area contributed by atoms with Crippen LogP contribution in [0, 0.1) is 5.92 Å². The highest BCUT2D eigenvalue weighted by molar-refractivity contribution is 5.76. The van der Waals surface area contributed by atoms with Crippen LogP contribution in [0.3, 0.4) is 0 Å². The third kappa shape index (κ3) is 3.49. The number of amides is 1. The Kier molecular flexibility index (Phi) is 4.58. The van der Waals surface area contributed by atoms with Crippen LogP contribution in [-0.2, 0) is 4.79 Å². The molecule has 0 bridgehead atoms. The van der Waals surface area contributed by atoms with Crippen molar-refractivity contribution in [2.24, 2.45) is 5.92 Å². The van der Waals surface area contributed by atoms with Gasteiger partial charge in [0.1, 0.15) is 0 Å². The van der Waals surface area contributed by atoms with Gasteiger partial charge in [0.05, 0.1) is 0 Å². The van der Waals surface area contributed by atoms with E-state index in [-0.39, 0.29) is 0 Å². The lowest BCUT2D eigenvalue weighted by Gasteiger charge is -2.21. The molecule has 1 rings (SSSR count). The average Bonchev–Trinajstić information content (AvgIpc) is 2.65. The van der Waals surface area contributed by atoms with Crippen molar-refractivity contribution in [2.75, 3.05) is 26.7 Å². The Labute approximate surface area is 93.4 Å². The highest BCUT2D eigenvalue weighted by atomic mass is 16.2. The molecule has 1 aliphatic heterocycles. The Bertz CT molecular complexity index is 216. The molecule has 15 heavy (non-hydrogen) atoms. The van der Waals surface area contributed by atoms with Crippen LogP contribution in [0.15, 0.2) is 0 Å². The Morgan fingerprint density at radius 2 is 2.20 bits per heavy atom. The second-order valence-electron chi connectivity index (χ2n) is 4.86. The molecule has 1 aliphatic rings. The summed E-state index contributed by atoms with van der Waals surface area (Å²) in [5, 5.41) is 0. The zero-order valence-corrected chi connectivity index (χ0v) is 10.5. The summed E-state index contributed by atoms with van der Waals surface area (Å²) < 4.78 is 0. The summed E-state index contributed by atoms with van der Waals surface area (Å²) in [6.07, 6.45) is 1.91. The van der Waals surface area contributed by atoms with E-state index in [4.69, 9.17) is 0 Å². The average molecular weight is 212 g/mol. The number of hydrogen-bond donors (Lipinski definition) is 0. The molecule has 0 saturated carbocycles. The quantitative estimate of drug-likeness (QED) is 0.706. The van der Waals surface area contributed by atoms with Crippen molar-refractivity contribution < 1.29 is 4.79 Å². The maximum atomic E-state index is 11.7. The van der Waals surface area contributed by atoms with Crippen molar-refractivity contribution in [1.82, 2.24) is 9.80 Å². The minimum atomic E-state index is 0.299. The van der Waals surface area contributed by atoms with Gasteiger partial charge in [-0.25, -0.2) is 0 Å². The zero-order chi connectivity index (χ0) is 11.4. The number of hydrogen-bond acceptors (Lipinski definition) is 2. The molecule has 0 aromatic rings. The number of carbonyl (C=O) groups excluding carboxylic acids is 1. The van der Waals surface area contributed by atoms with Gasteiger partial charge in [0.15, 0.2) is 0 Å². The monoisotopic (exact) mass is 212 g/mol.